The maximum Gasteiger partial charge on any atom is 0.313 e. The lowest BCUT2D eigenvalue weighted by Crippen LogP contribution is -2.13. The van der Waals surface area contributed by atoms with Gasteiger partial charge in [0.25, 0.3) is 0 Å². The second kappa shape index (κ2) is 5.05. The molecule has 0 atom stereocenters. The van der Waals surface area contributed by atoms with Gasteiger partial charge in [0.1, 0.15) is 5.75 Å². The lowest BCUT2D eigenvalue weighted by atomic mass is 10.3. The van der Waals surface area contributed by atoms with E-state index < -0.39 is 5.91 Å². The van der Waals surface area contributed by atoms with E-state index in [4.69, 9.17) is 20.8 Å². The van der Waals surface area contributed by atoms with Gasteiger partial charge >= 0.3 is 11.8 Å². The quantitative estimate of drug-likeness (QED) is 0.923. The minimum atomic E-state index is -0.517. The highest BCUT2D eigenvalue weighted by Gasteiger charge is 2.15. The van der Waals surface area contributed by atoms with Crippen LogP contribution in [0.1, 0.15) is 16.6 Å². The van der Waals surface area contributed by atoms with Crippen molar-refractivity contribution < 1.29 is 13.9 Å². The zero-order valence-corrected chi connectivity index (χ0v) is 10.5. The number of nitrogens with one attached hydrogen (secondary N) is 1. The van der Waals surface area contributed by atoms with Crippen LogP contribution in [0.3, 0.4) is 0 Å². The summed E-state index contributed by atoms with van der Waals surface area (Å²) in [4.78, 5) is 11.8. The van der Waals surface area contributed by atoms with E-state index in [2.05, 4.69) is 15.5 Å². The van der Waals surface area contributed by atoms with Crippen molar-refractivity contribution in [3.05, 3.63) is 35.0 Å². The first-order valence-electron chi connectivity index (χ1n) is 5.05. The van der Waals surface area contributed by atoms with Gasteiger partial charge in [0.05, 0.1) is 12.8 Å². The summed E-state index contributed by atoms with van der Waals surface area (Å²) in [6, 6.07) is 4.88. The van der Waals surface area contributed by atoms with Gasteiger partial charge in [-0.1, -0.05) is 11.6 Å². The minimum Gasteiger partial charge on any atom is -0.495 e. The first-order valence-corrected chi connectivity index (χ1v) is 5.43. The average molecular weight is 268 g/mol. The van der Waals surface area contributed by atoms with E-state index in [0.717, 1.165) is 0 Å². The number of nitrogens with zero attached hydrogens (tertiary/aromatic N) is 2. The molecule has 6 nitrogen and oxygen atoms in total. The summed E-state index contributed by atoms with van der Waals surface area (Å²) >= 11 is 5.85. The molecule has 2 rings (SSSR count). The monoisotopic (exact) mass is 267 g/mol. The molecule has 18 heavy (non-hydrogen) atoms. The molecule has 0 saturated carbocycles. The third kappa shape index (κ3) is 2.60. The maximum atomic E-state index is 11.8. The van der Waals surface area contributed by atoms with Gasteiger partial charge in [-0.2, -0.15) is 0 Å². The van der Waals surface area contributed by atoms with Gasteiger partial charge in [0.2, 0.25) is 5.89 Å². The number of halogens is 1. The number of carbonyl (C=O) groups excluding carboxylic acids is 1. The third-order valence-electron chi connectivity index (χ3n) is 2.13. The van der Waals surface area contributed by atoms with Crippen LogP contribution in [0.2, 0.25) is 5.02 Å². The number of amides is 1. The number of aromatic nitrogens is 2. The second-order valence-electron chi connectivity index (χ2n) is 3.42. The molecule has 0 aliphatic rings. The van der Waals surface area contributed by atoms with Crippen LogP contribution < -0.4 is 10.1 Å². The highest BCUT2D eigenvalue weighted by Crippen LogP contribution is 2.27. The summed E-state index contributed by atoms with van der Waals surface area (Å²) < 4.78 is 10.1. The highest BCUT2D eigenvalue weighted by atomic mass is 35.5. The van der Waals surface area contributed by atoms with Crippen molar-refractivity contribution in [2.24, 2.45) is 0 Å². The van der Waals surface area contributed by atoms with Gasteiger partial charge in [0, 0.05) is 11.9 Å². The van der Waals surface area contributed by atoms with Gasteiger partial charge in [0.15, 0.2) is 0 Å². The molecule has 1 heterocycles. The molecule has 0 bridgehead atoms. The Kier molecular flexibility index (Phi) is 3.47. The van der Waals surface area contributed by atoms with Gasteiger partial charge in [-0.25, -0.2) is 0 Å². The molecule has 0 spiro atoms. The maximum absolute atomic E-state index is 11.8. The SMILES string of the molecule is COc1ccc(Cl)cc1NC(=O)c1nnc(C)o1. The predicted octanol–water partition coefficient (Wildman–Crippen LogP) is 2.29. The number of anilines is 1. The summed E-state index contributed by atoms with van der Waals surface area (Å²) in [6.07, 6.45) is 0. The Hall–Kier alpha value is -2.08. The van der Waals surface area contributed by atoms with Gasteiger partial charge in [-0.15, -0.1) is 10.2 Å². The van der Waals surface area contributed by atoms with E-state index >= 15 is 0 Å². The Morgan fingerprint density at radius 3 is 2.83 bits per heavy atom. The Balaban J connectivity index is 2.23. The molecule has 1 aromatic heterocycles. The molecule has 94 valence electrons. The number of benzene rings is 1. The Labute approximate surface area is 108 Å². The summed E-state index contributed by atoms with van der Waals surface area (Å²) in [5.74, 6) is 0.174. The minimum absolute atomic E-state index is 0.116. The first-order chi connectivity index (χ1) is 8.60. The summed E-state index contributed by atoms with van der Waals surface area (Å²) in [5, 5.41) is 10.3. The number of ether oxygens (including phenoxy) is 1. The average Bonchev–Trinajstić information content (AvgIpc) is 2.76. The Morgan fingerprint density at radius 2 is 2.22 bits per heavy atom. The van der Waals surface area contributed by atoms with Crippen molar-refractivity contribution in [2.45, 2.75) is 6.92 Å². The zero-order chi connectivity index (χ0) is 13.1. The van der Waals surface area contributed by atoms with E-state index in [9.17, 15) is 4.79 Å². The molecule has 0 fully saturated rings. The van der Waals surface area contributed by atoms with Crippen LogP contribution >= 0.6 is 11.6 Å². The summed E-state index contributed by atoms with van der Waals surface area (Å²) in [5.41, 5.74) is 0.436. The molecule has 0 saturated heterocycles. The fraction of sp³-hybridized carbons (Fsp3) is 0.182. The lowest BCUT2D eigenvalue weighted by Gasteiger charge is -2.08. The van der Waals surface area contributed by atoms with Crippen molar-refractivity contribution in [3.8, 4) is 5.75 Å². The standard InChI is InChI=1S/C11H10ClN3O3/c1-6-14-15-11(18-6)10(16)13-8-5-7(12)3-4-9(8)17-2/h3-5H,1-2H3,(H,13,16). The van der Waals surface area contributed by atoms with Crippen molar-refractivity contribution in [3.63, 3.8) is 0 Å². The van der Waals surface area contributed by atoms with Crippen LogP contribution in [0.25, 0.3) is 0 Å². The first kappa shape index (κ1) is 12.4. The number of carbonyl (C=O) groups is 1. The second-order valence-corrected chi connectivity index (χ2v) is 3.86. The number of methoxy groups -OCH3 is 1. The largest absolute Gasteiger partial charge is 0.495 e. The van der Waals surface area contributed by atoms with Crippen LogP contribution in [0, 0.1) is 6.92 Å². The van der Waals surface area contributed by atoms with Crippen LogP contribution in [-0.2, 0) is 0 Å². The van der Waals surface area contributed by atoms with Crippen molar-refractivity contribution in [1.82, 2.24) is 10.2 Å². The lowest BCUT2D eigenvalue weighted by molar-refractivity contribution is 0.0988. The number of hydrogen-bond donors (Lipinski definition) is 1. The molecule has 0 aliphatic heterocycles. The zero-order valence-electron chi connectivity index (χ0n) is 9.73. The Morgan fingerprint density at radius 1 is 1.44 bits per heavy atom. The Bertz CT molecular complexity index is 583. The van der Waals surface area contributed by atoms with E-state index in [1.807, 2.05) is 0 Å². The van der Waals surface area contributed by atoms with Crippen molar-refractivity contribution >= 4 is 23.2 Å². The molecule has 7 heteroatoms. The third-order valence-corrected chi connectivity index (χ3v) is 2.37. The molecule has 0 radical (unpaired) electrons. The molecule has 1 amide bonds. The van der Waals surface area contributed by atoms with Crippen LogP contribution in [-0.4, -0.2) is 23.2 Å². The topological polar surface area (TPSA) is 77.2 Å². The molecule has 2 aromatic rings. The normalized spacial score (nSPS) is 10.2. The molecule has 0 aliphatic carbocycles. The number of aryl methyl sites for hydroxylation is 1. The summed E-state index contributed by atoms with van der Waals surface area (Å²) in [7, 11) is 1.50. The van der Waals surface area contributed by atoms with Crippen molar-refractivity contribution in [2.75, 3.05) is 12.4 Å². The number of hydrogen-bond acceptors (Lipinski definition) is 5. The van der Waals surface area contributed by atoms with Crippen LogP contribution in [0.4, 0.5) is 5.69 Å². The fourth-order valence-electron chi connectivity index (χ4n) is 1.34. The molecule has 1 N–H and O–H groups in total. The van der Waals surface area contributed by atoms with E-state index in [-0.39, 0.29) is 5.89 Å². The van der Waals surface area contributed by atoms with E-state index in [1.54, 1.807) is 25.1 Å². The number of rotatable bonds is 3. The smallest absolute Gasteiger partial charge is 0.313 e. The van der Waals surface area contributed by atoms with Crippen molar-refractivity contribution in [1.29, 1.82) is 0 Å². The molecule has 0 unspecified atom stereocenters. The van der Waals surface area contributed by atoms with Gasteiger partial charge < -0.3 is 14.5 Å². The fourth-order valence-corrected chi connectivity index (χ4v) is 1.51. The van der Waals surface area contributed by atoms with E-state index in [0.29, 0.717) is 22.4 Å². The highest BCUT2D eigenvalue weighted by molar-refractivity contribution is 6.31. The van der Waals surface area contributed by atoms with Gasteiger partial charge in [-0.3, -0.25) is 4.79 Å². The predicted molar refractivity (Wildman–Crippen MR) is 65.0 cm³/mol. The molecular formula is C11H10ClN3O3. The van der Waals surface area contributed by atoms with Crippen LogP contribution in [0.5, 0.6) is 5.75 Å². The molecule has 1 aromatic carbocycles. The van der Waals surface area contributed by atoms with Gasteiger partial charge in [-0.05, 0) is 18.2 Å². The molecular weight excluding hydrogens is 258 g/mol. The van der Waals surface area contributed by atoms with Crippen LogP contribution in [0.15, 0.2) is 22.6 Å². The summed E-state index contributed by atoms with van der Waals surface area (Å²) in [6.45, 7) is 1.60. The van der Waals surface area contributed by atoms with E-state index in [1.165, 1.54) is 7.11 Å².